The first-order chi connectivity index (χ1) is 9.14. The van der Waals surface area contributed by atoms with Crippen LogP contribution in [-0.2, 0) is 6.54 Å². The number of aliphatic hydroxyl groups excluding tert-OH is 1. The number of aliphatic hydroxyl groups is 1. The Bertz CT molecular complexity index is 453. The minimum Gasteiger partial charge on any atom is -0.396 e. The van der Waals surface area contributed by atoms with Crippen molar-refractivity contribution in [3.8, 4) is 0 Å². The average molecular weight is 292 g/mol. The van der Waals surface area contributed by atoms with Crippen LogP contribution >= 0.6 is 0 Å². The molecule has 7 heteroatoms. The van der Waals surface area contributed by atoms with Crippen molar-refractivity contribution in [3.05, 3.63) is 24.0 Å². The molecule has 1 aromatic rings. The van der Waals surface area contributed by atoms with Crippen LogP contribution in [0.1, 0.15) is 30.8 Å². The maximum atomic E-state index is 12.4. The third kappa shape index (κ3) is 5.24. The topological polar surface area (TPSA) is 54.3 Å². The Labute approximate surface area is 115 Å². The number of carbonyl (C=O) groups is 1. The van der Waals surface area contributed by atoms with Gasteiger partial charge in [0.15, 0.2) is 0 Å². The van der Waals surface area contributed by atoms with Gasteiger partial charge in [-0.3, -0.25) is 4.79 Å². The molecule has 114 valence electrons. The minimum absolute atomic E-state index is 0.00663. The van der Waals surface area contributed by atoms with Crippen LogP contribution in [0.25, 0.3) is 0 Å². The summed E-state index contributed by atoms with van der Waals surface area (Å²) < 4.78 is 37.9. The predicted molar refractivity (Wildman–Crippen MR) is 68.3 cm³/mol. The number of alkyl halides is 3. The highest BCUT2D eigenvalue weighted by atomic mass is 19.4. The van der Waals surface area contributed by atoms with Crippen molar-refractivity contribution in [1.29, 1.82) is 0 Å². The highest BCUT2D eigenvalue weighted by molar-refractivity contribution is 5.92. The molecule has 0 fully saturated rings. The Balaban J connectivity index is 2.67. The normalized spacial score (nSPS) is 12.5. The molecule has 4 nitrogen and oxygen atoms in total. The largest absolute Gasteiger partial charge is 0.406 e. The molecule has 0 aliphatic carbocycles. The smallest absolute Gasteiger partial charge is 0.396 e. The van der Waals surface area contributed by atoms with Gasteiger partial charge in [-0.2, -0.15) is 13.2 Å². The zero-order valence-corrected chi connectivity index (χ0v) is 11.5. The van der Waals surface area contributed by atoms with Crippen LogP contribution in [0.4, 0.5) is 13.2 Å². The molecule has 0 spiro atoms. The average Bonchev–Trinajstić information content (AvgIpc) is 2.71. The molecule has 1 heterocycles. The minimum atomic E-state index is -4.37. The standard InChI is InChI=1S/C13H19F3N2O2/c1-12(2,5-7-19)8-17-11(20)10-4-3-6-18(10)9-13(14,15)16/h3-4,6,19H,5,7-9H2,1-2H3,(H,17,20). The molecule has 0 saturated heterocycles. The van der Waals surface area contributed by atoms with E-state index in [4.69, 9.17) is 5.11 Å². The summed E-state index contributed by atoms with van der Waals surface area (Å²) in [6.07, 6.45) is -2.65. The van der Waals surface area contributed by atoms with Gasteiger partial charge in [0, 0.05) is 19.3 Å². The fourth-order valence-electron chi connectivity index (χ4n) is 1.75. The van der Waals surface area contributed by atoms with Crippen molar-refractivity contribution in [2.75, 3.05) is 13.2 Å². The lowest BCUT2D eigenvalue weighted by Crippen LogP contribution is -2.36. The monoisotopic (exact) mass is 292 g/mol. The molecule has 0 aliphatic heterocycles. The number of hydrogen-bond donors (Lipinski definition) is 2. The van der Waals surface area contributed by atoms with Gasteiger partial charge in [0.2, 0.25) is 0 Å². The second-order valence-electron chi connectivity index (χ2n) is 5.46. The third-order valence-corrected chi connectivity index (χ3v) is 2.93. The summed E-state index contributed by atoms with van der Waals surface area (Å²) >= 11 is 0. The van der Waals surface area contributed by atoms with Crippen molar-refractivity contribution in [2.24, 2.45) is 5.41 Å². The van der Waals surface area contributed by atoms with Crippen LogP contribution in [0.5, 0.6) is 0 Å². The Hall–Kier alpha value is -1.50. The zero-order valence-electron chi connectivity index (χ0n) is 11.5. The molecule has 0 saturated carbocycles. The number of hydrogen-bond acceptors (Lipinski definition) is 2. The lowest BCUT2D eigenvalue weighted by atomic mass is 9.90. The van der Waals surface area contributed by atoms with E-state index < -0.39 is 18.6 Å². The molecule has 1 amide bonds. The van der Waals surface area contributed by atoms with Crippen LogP contribution in [-0.4, -0.2) is 34.9 Å². The summed E-state index contributed by atoms with van der Waals surface area (Å²) in [6.45, 7) is 2.80. The van der Waals surface area contributed by atoms with Gasteiger partial charge in [0.25, 0.3) is 5.91 Å². The maximum Gasteiger partial charge on any atom is 0.406 e. The molecule has 20 heavy (non-hydrogen) atoms. The molecule has 0 unspecified atom stereocenters. The second-order valence-corrected chi connectivity index (χ2v) is 5.46. The summed E-state index contributed by atoms with van der Waals surface area (Å²) in [5, 5.41) is 11.5. The molecule has 0 atom stereocenters. The third-order valence-electron chi connectivity index (χ3n) is 2.93. The summed E-state index contributed by atoms with van der Waals surface area (Å²) in [5.41, 5.74) is -0.339. The SMILES string of the molecule is CC(C)(CCO)CNC(=O)c1cccn1CC(F)(F)F. The number of carbonyl (C=O) groups excluding carboxylic acids is 1. The van der Waals surface area contributed by atoms with Crippen molar-refractivity contribution < 1.29 is 23.1 Å². The summed E-state index contributed by atoms with van der Waals surface area (Å²) in [4.78, 5) is 11.9. The van der Waals surface area contributed by atoms with Gasteiger partial charge in [0.1, 0.15) is 12.2 Å². The van der Waals surface area contributed by atoms with E-state index in [9.17, 15) is 18.0 Å². The molecule has 0 aliphatic rings. The Morgan fingerprint density at radius 3 is 2.60 bits per heavy atom. The molecule has 1 aromatic heterocycles. The summed E-state index contributed by atoms with van der Waals surface area (Å²) in [6, 6.07) is 2.75. The van der Waals surface area contributed by atoms with E-state index in [1.54, 1.807) is 0 Å². The van der Waals surface area contributed by atoms with Gasteiger partial charge in [0.05, 0.1) is 0 Å². The van der Waals surface area contributed by atoms with E-state index in [0.29, 0.717) is 6.42 Å². The van der Waals surface area contributed by atoms with E-state index >= 15 is 0 Å². The quantitative estimate of drug-likeness (QED) is 0.844. The van der Waals surface area contributed by atoms with Crippen LogP contribution in [0.2, 0.25) is 0 Å². The highest BCUT2D eigenvalue weighted by Crippen LogP contribution is 2.20. The molecule has 1 rings (SSSR count). The van der Waals surface area contributed by atoms with E-state index in [-0.39, 0.29) is 24.3 Å². The molecular formula is C13H19F3N2O2. The van der Waals surface area contributed by atoms with E-state index in [0.717, 1.165) is 4.57 Å². The fourth-order valence-corrected chi connectivity index (χ4v) is 1.75. The lowest BCUT2D eigenvalue weighted by Gasteiger charge is -2.24. The second kappa shape index (κ2) is 6.30. The predicted octanol–water partition coefficient (Wildman–Crippen LogP) is 2.19. The first-order valence-corrected chi connectivity index (χ1v) is 6.25. The van der Waals surface area contributed by atoms with Gasteiger partial charge in [-0.25, -0.2) is 0 Å². The van der Waals surface area contributed by atoms with Gasteiger partial charge in [-0.05, 0) is 24.0 Å². The van der Waals surface area contributed by atoms with Gasteiger partial charge >= 0.3 is 6.18 Å². The van der Waals surface area contributed by atoms with Crippen molar-refractivity contribution >= 4 is 5.91 Å². The Morgan fingerprint density at radius 1 is 1.40 bits per heavy atom. The van der Waals surface area contributed by atoms with Crippen molar-refractivity contribution in [1.82, 2.24) is 9.88 Å². The zero-order chi connectivity index (χ0) is 15.4. The van der Waals surface area contributed by atoms with E-state index in [1.807, 2.05) is 13.8 Å². The van der Waals surface area contributed by atoms with Crippen LogP contribution in [0, 0.1) is 5.41 Å². The molecule has 0 bridgehead atoms. The molecule has 2 N–H and O–H groups in total. The van der Waals surface area contributed by atoms with Crippen LogP contribution in [0.15, 0.2) is 18.3 Å². The number of nitrogens with one attached hydrogen (secondary N) is 1. The van der Waals surface area contributed by atoms with Gasteiger partial charge < -0.3 is 15.0 Å². The molecule has 0 radical (unpaired) electrons. The number of rotatable bonds is 6. The number of nitrogens with zero attached hydrogens (tertiary/aromatic N) is 1. The Kier molecular flexibility index (Phi) is 5.21. The van der Waals surface area contributed by atoms with Crippen LogP contribution in [0.3, 0.4) is 0 Å². The first-order valence-electron chi connectivity index (χ1n) is 6.25. The van der Waals surface area contributed by atoms with E-state index in [2.05, 4.69) is 5.32 Å². The lowest BCUT2D eigenvalue weighted by molar-refractivity contribution is -0.140. The van der Waals surface area contributed by atoms with Gasteiger partial charge in [-0.1, -0.05) is 13.8 Å². The summed E-state index contributed by atoms with van der Waals surface area (Å²) in [7, 11) is 0. The number of halogens is 3. The number of amides is 1. The number of aromatic nitrogens is 1. The summed E-state index contributed by atoms with van der Waals surface area (Å²) in [5.74, 6) is -0.551. The van der Waals surface area contributed by atoms with Gasteiger partial charge in [-0.15, -0.1) is 0 Å². The van der Waals surface area contributed by atoms with Crippen LogP contribution < -0.4 is 5.32 Å². The molecule has 0 aromatic carbocycles. The maximum absolute atomic E-state index is 12.4. The first kappa shape index (κ1) is 16.6. The van der Waals surface area contributed by atoms with Crippen molar-refractivity contribution in [2.45, 2.75) is 33.0 Å². The van der Waals surface area contributed by atoms with Crippen molar-refractivity contribution in [3.63, 3.8) is 0 Å². The Morgan fingerprint density at radius 2 is 2.05 bits per heavy atom. The highest BCUT2D eigenvalue weighted by Gasteiger charge is 2.29. The molecular weight excluding hydrogens is 273 g/mol. The van der Waals surface area contributed by atoms with E-state index in [1.165, 1.54) is 18.3 Å². The fraction of sp³-hybridized carbons (Fsp3) is 0.615.